The van der Waals surface area contributed by atoms with E-state index >= 15 is 0 Å². The zero-order valence-corrected chi connectivity index (χ0v) is 15.8. The molecule has 0 spiro atoms. The van der Waals surface area contributed by atoms with Crippen LogP contribution in [0.3, 0.4) is 0 Å². The van der Waals surface area contributed by atoms with Crippen LogP contribution in [-0.2, 0) is 11.6 Å². The second-order valence-electron chi connectivity index (χ2n) is 8.27. The van der Waals surface area contributed by atoms with Crippen molar-refractivity contribution in [3.05, 3.63) is 29.6 Å². The number of alkyl halides is 3. The summed E-state index contributed by atoms with van der Waals surface area (Å²) in [5.74, 6) is 0.0184. The third kappa shape index (κ3) is 2.93. The molecule has 0 aromatic carbocycles. The number of nitrogen functional groups attached to an aromatic ring is 1. The Hall–Kier alpha value is -2.56. The Morgan fingerprint density at radius 2 is 2.11 bits per heavy atom. The van der Waals surface area contributed by atoms with Gasteiger partial charge < -0.3 is 5.73 Å². The Morgan fingerprint density at radius 3 is 2.71 bits per heavy atom. The summed E-state index contributed by atoms with van der Waals surface area (Å²) in [7, 11) is 0. The first-order valence-electron chi connectivity index (χ1n) is 9.48. The summed E-state index contributed by atoms with van der Waals surface area (Å²) < 4.78 is 41.6. The van der Waals surface area contributed by atoms with Crippen molar-refractivity contribution in [1.82, 2.24) is 14.8 Å². The van der Waals surface area contributed by atoms with Crippen molar-refractivity contribution in [2.75, 3.05) is 5.73 Å². The molecule has 2 aromatic rings. The predicted molar refractivity (Wildman–Crippen MR) is 98.0 cm³/mol. The third-order valence-corrected chi connectivity index (χ3v) is 6.18. The fourth-order valence-electron chi connectivity index (χ4n) is 4.59. The monoisotopic (exact) mass is 389 g/mol. The van der Waals surface area contributed by atoms with Gasteiger partial charge in [0.1, 0.15) is 5.82 Å². The van der Waals surface area contributed by atoms with Crippen LogP contribution in [0.2, 0.25) is 0 Å². The Bertz CT molecular complexity index is 956. The van der Waals surface area contributed by atoms with E-state index in [0.717, 1.165) is 37.4 Å². The van der Waals surface area contributed by atoms with E-state index in [2.05, 4.69) is 16.2 Å². The number of rotatable bonds is 3. The molecule has 4 rings (SSSR count). The molecule has 2 aromatic heterocycles. The van der Waals surface area contributed by atoms with Crippen molar-refractivity contribution < 1.29 is 13.2 Å². The number of nitrogens with zero attached hydrogens (tertiary/aromatic N) is 4. The number of hydrogen-bond acceptors (Lipinski definition) is 4. The summed E-state index contributed by atoms with van der Waals surface area (Å²) in [5.41, 5.74) is 6.32. The number of pyridine rings is 1. The summed E-state index contributed by atoms with van der Waals surface area (Å²) in [6, 6.07) is 5.38. The van der Waals surface area contributed by atoms with Gasteiger partial charge in [-0.05, 0) is 57.6 Å². The average Bonchev–Trinajstić information content (AvgIpc) is 3.19. The smallest absolute Gasteiger partial charge is 0.383 e. The average molecular weight is 389 g/mol. The van der Waals surface area contributed by atoms with Crippen LogP contribution < -0.4 is 5.73 Å². The largest absolute Gasteiger partial charge is 0.419 e. The highest BCUT2D eigenvalue weighted by atomic mass is 19.4. The fourth-order valence-corrected chi connectivity index (χ4v) is 4.59. The number of anilines is 1. The van der Waals surface area contributed by atoms with E-state index in [-0.39, 0.29) is 17.4 Å². The Morgan fingerprint density at radius 1 is 1.36 bits per heavy atom. The van der Waals surface area contributed by atoms with Crippen LogP contribution >= 0.6 is 0 Å². The van der Waals surface area contributed by atoms with Crippen LogP contribution in [0, 0.1) is 23.2 Å². The summed E-state index contributed by atoms with van der Waals surface area (Å²) in [5, 5.41) is 13.8. The minimum atomic E-state index is -4.56. The van der Waals surface area contributed by atoms with Crippen molar-refractivity contribution >= 4 is 5.82 Å². The molecule has 5 nitrogen and oxygen atoms in total. The topological polar surface area (TPSA) is 80.5 Å². The predicted octanol–water partition coefficient (Wildman–Crippen LogP) is 4.71. The van der Waals surface area contributed by atoms with E-state index in [0.29, 0.717) is 17.2 Å². The molecule has 0 bridgehead atoms. The lowest BCUT2D eigenvalue weighted by molar-refractivity contribution is -0.137. The van der Waals surface area contributed by atoms with Crippen molar-refractivity contribution in [2.45, 2.75) is 57.2 Å². The fraction of sp³-hybridized carbons (Fsp3) is 0.550. The van der Waals surface area contributed by atoms with E-state index in [1.165, 1.54) is 6.20 Å². The normalized spacial score (nSPS) is 26.8. The maximum Gasteiger partial charge on any atom is 0.419 e. The van der Waals surface area contributed by atoms with Crippen LogP contribution in [-0.4, -0.2) is 14.8 Å². The van der Waals surface area contributed by atoms with E-state index < -0.39 is 17.6 Å². The van der Waals surface area contributed by atoms with Gasteiger partial charge >= 0.3 is 6.18 Å². The molecule has 2 aliphatic carbocycles. The highest BCUT2D eigenvalue weighted by molar-refractivity contribution is 5.63. The van der Waals surface area contributed by atoms with Gasteiger partial charge in [0.05, 0.1) is 17.3 Å². The van der Waals surface area contributed by atoms with E-state index in [1.807, 2.05) is 24.6 Å². The van der Waals surface area contributed by atoms with Crippen LogP contribution in [0.25, 0.3) is 11.3 Å². The standard InChI is InChI=1S/C20H22F3N5/c1-11(2)28-17(19-4-3-12(9-24)5-14(19)8-19)7-16(27-28)13-6-15(20(21,22)23)18(25)26-10-13/h6-7,10-12,14H,3-5,8H2,1-2H3,(H2,25,26)/t12?,14-,19-/m0/s1. The minimum Gasteiger partial charge on any atom is -0.383 e. The van der Waals surface area contributed by atoms with Gasteiger partial charge in [0, 0.05) is 34.8 Å². The van der Waals surface area contributed by atoms with E-state index in [1.54, 1.807) is 0 Å². The molecule has 2 fully saturated rings. The molecule has 3 atom stereocenters. The second-order valence-corrected chi connectivity index (χ2v) is 8.27. The SMILES string of the molecule is CC(C)n1nc(-c2cnc(N)c(C(F)(F)F)c2)cc1[C@]12CCC(C#N)C[C@H]1C2. The molecule has 148 valence electrons. The van der Waals surface area contributed by atoms with Crippen molar-refractivity contribution in [2.24, 2.45) is 11.8 Å². The first-order chi connectivity index (χ1) is 13.2. The highest BCUT2D eigenvalue weighted by Gasteiger charge is 2.59. The second kappa shape index (κ2) is 6.23. The number of nitriles is 1. The van der Waals surface area contributed by atoms with Crippen LogP contribution in [0.4, 0.5) is 19.0 Å². The summed E-state index contributed by atoms with van der Waals surface area (Å²) in [6.45, 7) is 4.02. The molecular formula is C20H22F3N5. The molecule has 1 unspecified atom stereocenters. The van der Waals surface area contributed by atoms with Crippen molar-refractivity contribution in [3.8, 4) is 17.3 Å². The van der Waals surface area contributed by atoms with Gasteiger partial charge in [-0.15, -0.1) is 0 Å². The maximum atomic E-state index is 13.2. The van der Waals surface area contributed by atoms with Crippen molar-refractivity contribution in [3.63, 3.8) is 0 Å². The van der Waals surface area contributed by atoms with E-state index in [9.17, 15) is 18.4 Å². The van der Waals surface area contributed by atoms with Gasteiger partial charge in [0.2, 0.25) is 0 Å². The molecule has 0 saturated heterocycles. The van der Waals surface area contributed by atoms with Gasteiger partial charge in [0.25, 0.3) is 0 Å². The maximum absolute atomic E-state index is 13.2. The number of aromatic nitrogens is 3. The molecule has 0 aliphatic heterocycles. The first kappa shape index (κ1) is 18.8. The lowest BCUT2D eigenvalue weighted by Gasteiger charge is -2.26. The zero-order valence-electron chi connectivity index (χ0n) is 15.8. The minimum absolute atomic E-state index is 0.00301. The van der Waals surface area contributed by atoms with Gasteiger partial charge in [-0.2, -0.15) is 23.5 Å². The van der Waals surface area contributed by atoms with Crippen LogP contribution in [0.5, 0.6) is 0 Å². The summed E-state index contributed by atoms with van der Waals surface area (Å²) in [4.78, 5) is 3.74. The number of fused-ring (bicyclic) bond motifs is 1. The molecule has 8 heteroatoms. The molecule has 0 radical (unpaired) electrons. The van der Waals surface area contributed by atoms with Crippen LogP contribution in [0.15, 0.2) is 18.3 Å². The van der Waals surface area contributed by atoms with Gasteiger partial charge in [-0.1, -0.05) is 0 Å². The van der Waals surface area contributed by atoms with E-state index in [4.69, 9.17) is 5.73 Å². The molecule has 2 aliphatic rings. The Balaban J connectivity index is 1.75. The first-order valence-corrected chi connectivity index (χ1v) is 9.48. The Labute approximate surface area is 161 Å². The third-order valence-electron chi connectivity index (χ3n) is 6.18. The van der Waals surface area contributed by atoms with Gasteiger partial charge in [0.15, 0.2) is 0 Å². The molecule has 2 saturated carbocycles. The zero-order chi connectivity index (χ0) is 20.3. The van der Waals surface area contributed by atoms with Gasteiger partial charge in [-0.3, -0.25) is 4.68 Å². The number of halogens is 3. The highest BCUT2D eigenvalue weighted by Crippen LogP contribution is 2.63. The molecular weight excluding hydrogens is 367 g/mol. The number of hydrogen-bond donors (Lipinski definition) is 1. The lowest BCUT2D eigenvalue weighted by Crippen LogP contribution is -2.23. The Kier molecular flexibility index (Phi) is 4.18. The van der Waals surface area contributed by atoms with Gasteiger partial charge in [-0.25, -0.2) is 4.98 Å². The molecule has 28 heavy (non-hydrogen) atoms. The molecule has 0 amide bonds. The van der Waals surface area contributed by atoms with Crippen LogP contribution in [0.1, 0.15) is 56.8 Å². The summed E-state index contributed by atoms with van der Waals surface area (Å²) >= 11 is 0. The van der Waals surface area contributed by atoms with Crippen molar-refractivity contribution in [1.29, 1.82) is 5.26 Å². The quantitative estimate of drug-likeness (QED) is 0.824. The lowest BCUT2D eigenvalue weighted by atomic mass is 9.80. The number of nitrogens with two attached hydrogens (primary N) is 1. The molecule has 2 N–H and O–H groups in total. The molecule has 2 heterocycles. The summed E-state index contributed by atoms with van der Waals surface area (Å²) in [6.07, 6.45) is 0.449.